The molecule has 0 aromatic heterocycles. The van der Waals surface area contributed by atoms with Gasteiger partial charge in [-0.3, -0.25) is 9.59 Å². The normalized spacial score (nSPS) is 28.6. The minimum absolute atomic E-state index is 0.0281. The third-order valence-electron chi connectivity index (χ3n) is 4.00. The highest BCUT2D eigenvalue weighted by atomic mass is 16.3. The molecule has 2 fully saturated rings. The van der Waals surface area contributed by atoms with E-state index in [1.54, 1.807) is 9.80 Å². The summed E-state index contributed by atoms with van der Waals surface area (Å²) in [4.78, 5) is 27.7. The van der Waals surface area contributed by atoms with Gasteiger partial charge in [-0.05, 0) is 26.7 Å². The Bertz CT molecular complexity index is 343. The van der Waals surface area contributed by atoms with Gasteiger partial charge in [0.1, 0.15) is 0 Å². The quantitative estimate of drug-likeness (QED) is 0.784. The SMILES string of the molecule is CC(C)N1CC(C(=O)N2CCC[C@@H]2CO)CC1=O. The van der Waals surface area contributed by atoms with Gasteiger partial charge in [-0.25, -0.2) is 0 Å². The van der Waals surface area contributed by atoms with Gasteiger partial charge in [-0.2, -0.15) is 0 Å². The van der Waals surface area contributed by atoms with E-state index in [9.17, 15) is 14.7 Å². The maximum absolute atomic E-state index is 12.4. The summed E-state index contributed by atoms with van der Waals surface area (Å²) in [5, 5.41) is 9.25. The van der Waals surface area contributed by atoms with Crippen LogP contribution in [-0.2, 0) is 9.59 Å². The number of carbonyl (C=O) groups excluding carboxylic acids is 2. The summed E-state index contributed by atoms with van der Waals surface area (Å²) in [6.45, 7) is 5.22. The average molecular weight is 254 g/mol. The molecule has 2 saturated heterocycles. The zero-order valence-electron chi connectivity index (χ0n) is 11.1. The molecule has 2 aliphatic heterocycles. The molecule has 5 heteroatoms. The van der Waals surface area contributed by atoms with Crippen LogP contribution in [0.2, 0.25) is 0 Å². The number of aliphatic hydroxyl groups is 1. The monoisotopic (exact) mass is 254 g/mol. The number of nitrogens with zero attached hydrogens (tertiary/aromatic N) is 2. The van der Waals surface area contributed by atoms with E-state index in [1.165, 1.54) is 0 Å². The lowest BCUT2D eigenvalue weighted by atomic mass is 10.1. The molecule has 0 spiro atoms. The van der Waals surface area contributed by atoms with E-state index >= 15 is 0 Å². The van der Waals surface area contributed by atoms with Crippen molar-refractivity contribution in [3.63, 3.8) is 0 Å². The Morgan fingerprint density at radius 1 is 1.50 bits per heavy atom. The van der Waals surface area contributed by atoms with E-state index in [2.05, 4.69) is 0 Å². The predicted octanol–water partition coefficient (Wildman–Crippen LogP) is 0.227. The Morgan fingerprint density at radius 3 is 2.78 bits per heavy atom. The smallest absolute Gasteiger partial charge is 0.228 e. The maximum Gasteiger partial charge on any atom is 0.228 e. The minimum atomic E-state index is -0.216. The van der Waals surface area contributed by atoms with Gasteiger partial charge < -0.3 is 14.9 Å². The van der Waals surface area contributed by atoms with E-state index in [4.69, 9.17) is 0 Å². The van der Waals surface area contributed by atoms with Gasteiger partial charge in [0, 0.05) is 25.6 Å². The van der Waals surface area contributed by atoms with Gasteiger partial charge in [0.15, 0.2) is 0 Å². The molecule has 0 aromatic carbocycles. The number of rotatable bonds is 3. The van der Waals surface area contributed by atoms with Gasteiger partial charge in [0.2, 0.25) is 11.8 Å². The summed E-state index contributed by atoms with van der Waals surface area (Å²) < 4.78 is 0. The maximum atomic E-state index is 12.4. The first-order valence-electron chi connectivity index (χ1n) is 6.75. The molecular formula is C13H22N2O3. The second kappa shape index (κ2) is 5.26. The van der Waals surface area contributed by atoms with Crippen LogP contribution in [0.3, 0.4) is 0 Å². The molecule has 0 saturated carbocycles. The Balaban J connectivity index is 2.00. The first-order chi connectivity index (χ1) is 8.54. The molecule has 0 bridgehead atoms. The van der Waals surface area contributed by atoms with Crippen molar-refractivity contribution in [3.05, 3.63) is 0 Å². The molecule has 1 unspecified atom stereocenters. The predicted molar refractivity (Wildman–Crippen MR) is 66.8 cm³/mol. The molecule has 2 amide bonds. The number of likely N-dealkylation sites (tertiary alicyclic amines) is 2. The van der Waals surface area contributed by atoms with Gasteiger partial charge in [0.05, 0.1) is 18.6 Å². The van der Waals surface area contributed by atoms with Crippen molar-refractivity contribution in [3.8, 4) is 0 Å². The fraction of sp³-hybridized carbons (Fsp3) is 0.846. The lowest BCUT2D eigenvalue weighted by Gasteiger charge is -2.26. The fourth-order valence-corrected chi connectivity index (χ4v) is 2.95. The minimum Gasteiger partial charge on any atom is -0.394 e. The summed E-state index contributed by atoms with van der Waals surface area (Å²) >= 11 is 0. The number of carbonyl (C=O) groups is 2. The van der Waals surface area contributed by atoms with Crippen molar-refractivity contribution in [1.29, 1.82) is 0 Å². The molecular weight excluding hydrogens is 232 g/mol. The third-order valence-corrected chi connectivity index (χ3v) is 4.00. The molecule has 1 N–H and O–H groups in total. The summed E-state index contributed by atoms with van der Waals surface area (Å²) in [5.41, 5.74) is 0. The average Bonchev–Trinajstić information content (AvgIpc) is 2.93. The molecule has 2 heterocycles. The number of aliphatic hydroxyl groups excluding tert-OH is 1. The van der Waals surface area contributed by atoms with Crippen molar-refractivity contribution in [1.82, 2.24) is 9.80 Å². The zero-order chi connectivity index (χ0) is 13.3. The van der Waals surface area contributed by atoms with Crippen LogP contribution in [0.25, 0.3) is 0 Å². The van der Waals surface area contributed by atoms with Crippen LogP contribution >= 0.6 is 0 Å². The standard InChI is InChI=1S/C13H22N2O3/c1-9(2)15-7-10(6-12(15)17)13(18)14-5-3-4-11(14)8-16/h9-11,16H,3-8H2,1-2H3/t10?,11-/m1/s1. The van der Waals surface area contributed by atoms with Gasteiger partial charge in [-0.15, -0.1) is 0 Å². The molecule has 0 aliphatic carbocycles. The van der Waals surface area contributed by atoms with Crippen molar-refractivity contribution in [2.75, 3.05) is 19.7 Å². The van der Waals surface area contributed by atoms with Gasteiger partial charge >= 0.3 is 0 Å². The second-order valence-corrected chi connectivity index (χ2v) is 5.55. The molecule has 0 radical (unpaired) electrons. The Hall–Kier alpha value is -1.10. The molecule has 2 aliphatic rings. The third kappa shape index (κ3) is 2.36. The summed E-state index contributed by atoms with van der Waals surface area (Å²) in [5.74, 6) is -0.0989. The Morgan fingerprint density at radius 2 is 2.22 bits per heavy atom. The van der Waals surface area contributed by atoms with Crippen molar-refractivity contribution in [2.24, 2.45) is 5.92 Å². The van der Waals surface area contributed by atoms with Crippen molar-refractivity contribution < 1.29 is 14.7 Å². The number of amides is 2. The topological polar surface area (TPSA) is 60.9 Å². The second-order valence-electron chi connectivity index (χ2n) is 5.55. The van der Waals surface area contributed by atoms with Crippen LogP contribution in [0, 0.1) is 5.92 Å². The van der Waals surface area contributed by atoms with E-state index < -0.39 is 0 Å². The van der Waals surface area contributed by atoms with Crippen molar-refractivity contribution in [2.45, 2.75) is 45.2 Å². The van der Waals surface area contributed by atoms with Crippen LogP contribution in [0.15, 0.2) is 0 Å². The van der Waals surface area contributed by atoms with E-state index in [0.717, 1.165) is 19.4 Å². The molecule has 102 valence electrons. The lowest BCUT2D eigenvalue weighted by Crippen LogP contribution is -2.42. The van der Waals surface area contributed by atoms with E-state index in [0.29, 0.717) is 13.0 Å². The largest absolute Gasteiger partial charge is 0.394 e. The summed E-state index contributed by atoms with van der Waals surface area (Å²) in [7, 11) is 0. The van der Waals surface area contributed by atoms with Crippen LogP contribution in [0.1, 0.15) is 33.1 Å². The molecule has 0 aromatic rings. The van der Waals surface area contributed by atoms with Gasteiger partial charge in [-0.1, -0.05) is 0 Å². The van der Waals surface area contributed by atoms with Crippen molar-refractivity contribution >= 4 is 11.8 Å². The molecule has 18 heavy (non-hydrogen) atoms. The molecule has 2 rings (SSSR count). The number of hydrogen-bond acceptors (Lipinski definition) is 3. The Kier molecular flexibility index (Phi) is 3.90. The Labute approximate surface area is 108 Å². The first-order valence-corrected chi connectivity index (χ1v) is 6.75. The lowest BCUT2D eigenvalue weighted by molar-refractivity contribution is -0.137. The molecule has 5 nitrogen and oxygen atoms in total. The van der Waals surface area contributed by atoms with Crippen LogP contribution < -0.4 is 0 Å². The number of hydrogen-bond donors (Lipinski definition) is 1. The van der Waals surface area contributed by atoms with E-state index in [1.807, 2.05) is 13.8 Å². The summed E-state index contributed by atoms with van der Waals surface area (Å²) in [6.07, 6.45) is 2.15. The van der Waals surface area contributed by atoms with Crippen LogP contribution in [0.5, 0.6) is 0 Å². The fourth-order valence-electron chi connectivity index (χ4n) is 2.95. The zero-order valence-corrected chi connectivity index (χ0v) is 11.1. The highest BCUT2D eigenvalue weighted by molar-refractivity contribution is 5.89. The van der Waals surface area contributed by atoms with Crippen LogP contribution in [-0.4, -0.2) is 58.5 Å². The highest BCUT2D eigenvalue weighted by Crippen LogP contribution is 2.26. The summed E-state index contributed by atoms with van der Waals surface area (Å²) in [6, 6.07) is 0.114. The van der Waals surface area contributed by atoms with Gasteiger partial charge in [0.25, 0.3) is 0 Å². The molecule has 2 atom stereocenters. The first kappa shape index (κ1) is 13.3. The van der Waals surface area contributed by atoms with Crippen LogP contribution in [0.4, 0.5) is 0 Å². The highest BCUT2D eigenvalue weighted by Gasteiger charge is 2.40. The van der Waals surface area contributed by atoms with E-state index in [-0.39, 0.29) is 36.4 Å².